The number of amides is 1. The van der Waals surface area contributed by atoms with Crippen LogP contribution in [0.2, 0.25) is 0 Å². The minimum absolute atomic E-state index is 0.0779. The van der Waals surface area contributed by atoms with E-state index in [4.69, 9.17) is 0 Å². The maximum Gasteiger partial charge on any atom is 0.417 e. The third kappa shape index (κ3) is 4.40. The van der Waals surface area contributed by atoms with Gasteiger partial charge in [-0.3, -0.25) is 9.48 Å². The molecule has 3 aromatic heterocycles. The van der Waals surface area contributed by atoms with Crippen molar-refractivity contribution < 1.29 is 18.0 Å². The molecule has 3 heterocycles. The zero-order valence-electron chi connectivity index (χ0n) is 17.5. The van der Waals surface area contributed by atoms with Gasteiger partial charge in [-0.15, -0.1) is 0 Å². The Morgan fingerprint density at radius 3 is 2.55 bits per heavy atom. The molecular weight excluding hydrogens is 407 g/mol. The van der Waals surface area contributed by atoms with Crippen LogP contribution in [0.1, 0.15) is 54.2 Å². The summed E-state index contributed by atoms with van der Waals surface area (Å²) in [5.41, 5.74) is 1.30. The van der Waals surface area contributed by atoms with Crippen LogP contribution >= 0.6 is 0 Å². The van der Waals surface area contributed by atoms with Gasteiger partial charge in [0.15, 0.2) is 0 Å². The number of halogens is 3. The first-order valence-corrected chi connectivity index (χ1v) is 10.5. The first-order chi connectivity index (χ1) is 14.8. The molecule has 0 radical (unpaired) electrons. The highest BCUT2D eigenvalue weighted by Gasteiger charge is 2.32. The van der Waals surface area contributed by atoms with Gasteiger partial charge in [0.2, 0.25) is 0 Å². The van der Waals surface area contributed by atoms with Gasteiger partial charge < -0.3 is 15.0 Å². The molecule has 6 nitrogen and oxygen atoms in total. The maximum absolute atomic E-state index is 13.1. The van der Waals surface area contributed by atoms with Gasteiger partial charge in [0.1, 0.15) is 5.82 Å². The zero-order chi connectivity index (χ0) is 22.2. The molecule has 0 bridgehead atoms. The lowest BCUT2D eigenvalue weighted by Crippen LogP contribution is -2.40. The van der Waals surface area contributed by atoms with E-state index in [0.717, 1.165) is 43.6 Å². The molecule has 166 valence electrons. The van der Waals surface area contributed by atoms with E-state index in [0.29, 0.717) is 23.4 Å². The fourth-order valence-corrected chi connectivity index (χ4v) is 4.25. The van der Waals surface area contributed by atoms with E-state index in [1.807, 2.05) is 13.8 Å². The van der Waals surface area contributed by atoms with Crippen LogP contribution in [0.4, 0.5) is 19.0 Å². The lowest BCUT2D eigenvalue weighted by molar-refractivity contribution is -0.137. The number of aryl methyl sites for hydroxylation is 1. The lowest BCUT2D eigenvalue weighted by Gasteiger charge is -2.30. The monoisotopic (exact) mass is 433 g/mol. The standard InChI is InChI=1S/C22H26F3N5O/c1-3-30-14(2)19(12-26-30)21(31)28-17-9-7-16(8-10-17)27-20-6-4-5-18-11-15(13-29(18)20)22(23,24)25/h4-6,11-13,16-17,27H,3,7-10H2,1-2H3,(H,28,31). The summed E-state index contributed by atoms with van der Waals surface area (Å²) in [5, 5.41) is 10.7. The summed E-state index contributed by atoms with van der Waals surface area (Å²) >= 11 is 0. The molecule has 3 aromatic rings. The molecular formula is C22H26F3N5O. The summed E-state index contributed by atoms with van der Waals surface area (Å²) in [5.74, 6) is 0.536. The highest BCUT2D eigenvalue weighted by atomic mass is 19.4. The van der Waals surface area contributed by atoms with E-state index in [9.17, 15) is 18.0 Å². The second-order valence-corrected chi connectivity index (χ2v) is 8.06. The van der Waals surface area contributed by atoms with Crippen molar-refractivity contribution in [2.45, 2.75) is 64.3 Å². The van der Waals surface area contributed by atoms with Crippen LogP contribution in [0.3, 0.4) is 0 Å². The molecule has 4 rings (SSSR count). The van der Waals surface area contributed by atoms with E-state index in [-0.39, 0.29) is 18.0 Å². The molecule has 0 unspecified atom stereocenters. The van der Waals surface area contributed by atoms with Crippen LogP contribution in [0.15, 0.2) is 36.7 Å². The first kappa shape index (κ1) is 21.3. The number of carbonyl (C=O) groups excluding carboxylic acids is 1. The van der Waals surface area contributed by atoms with Crippen LogP contribution in [0.25, 0.3) is 5.52 Å². The van der Waals surface area contributed by atoms with E-state index in [1.54, 1.807) is 33.5 Å². The van der Waals surface area contributed by atoms with Gasteiger partial charge in [0, 0.05) is 36.0 Å². The number of aromatic nitrogens is 3. The van der Waals surface area contributed by atoms with Gasteiger partial charge in [-0.05, 0) is 57.7 Å². The Bertz CT molecular complexity index is 1080. The molecule has 31 heavy (non-hydrogen) atoms. The van der Waals surface area contributed by atoms with Crippen molar-refractivity contribution in [1.82, 2.24) is 19.5 Å². The Kier molecular flexibility index (Phi) is 5.68. The SMILES string of the molecule is CCn1ncc(C(=O)NC2CCC(Nc3cccc4cc(C(F)(F)F)cn34)CC2)c1C. The van der Waals surface area contributed by atoms with Crippen molar-refractivity contribution in [2.24, 2.45) is 0 Å². The second-order valence-electron chi connectivity index (χ2n) is 8.06. The van der Waals surface area contributed by atoms with Crippen LogP contribution in [0.5, 0.6) is 0 Å². The Morgan fingerprint density at radius 1 is 1.19 bits per heavy atom. The number of nitrogens with zero attached hydrogens (tertiary/aromatic N) is 3. The van der Waals surface area contributed by atoms with Gasteiger partial charge >= 0.3 is 6.18 Å². The number of rotatable bonds is 5. The number of nitrogens with one attached hydrogen (secondary N) is 2. The maximum atomic E-state index is 13.1. The van der Waals surface area contributed by atoms with Crippen molar-refractivity contribution in [3.05, 3.63) is 53.5 Å². The van der Waals surface area contributed by atoms with Gasteiger partial charge in [-0.25, -0.2) is 0 Å². The molecule has 1 saturated carbocycles. The fourth-order valence-electron chi connectivity index (χ4n) is 4.25. The number of pyridine rings is 1. The summed E-state index contributed by atoms with van der Waals surface area (Å²) in [6.07, 6.45) is 1.62. The van der Waals surface area contributed by atoms with Crippen LogP contribution < -0.4 is 10.6 Å². The van der Waals surface area contributed by atoms with E-state index in [1.165, 1.54) is 0 Å². The fraction of sp³-hybridized carbons (Fsp3) is 0.455. The van der Waals surface area contributed by atoms with E-state index >= 15 is 0 Å². The van der Waals surface area contributed by atoms with E-state index < -0.39 is 11.7 Å². The predicted octanol–water partition coefficient (Wildman–Crippen LogP) is 4.64. The van der Waals surface area contributed by atoms with Crippen molar-refractivity contribution in [1.29, 1.82) is 0 Å². The average molecular weight is 433 g/mol. The van der Waals surface area contributed by atoms with Crippen LogP contribution in [0, 0.1) is 6.92 Å². The van der Waals surface area contributed by atoms with Gasteiger partial charge in [-0.1, -0.05) is 6.07 Å². The van der Waals surface area contributed by atoms with Crippen molar-refractivity contribution >= 4 is 17.2 Å². The zero-order valence-corrected chi connectivity index (χ0v) is 17.5. The Morgan fingerprint density at radius 2 is 1.90 bits per heavy atom. The highest BCUT2D eigenvalue weighted by molar-refractivity contribution is 5.95. The Labute approximate surface area is 178 Å². The first-order valence-electron chi connectivity index (χ1n) is 10.5. The molecule has 0 saturated heterocycles. The van der Waals surface area contributed by atoms with Gasteiger partial charge in [-0.2, -0.15) is 18.3 Å². The lowest BCUT2D eigenvalue weighted by atomic mass is 9.91. The molecule has 2 N–H and O–H groups in total. The molecule has 1 aliphatic rings. The Balaban J connectivity index is 1.37. The molecule has 0 spiro atoms. The number of anilines is 1. The van der Waals surface area contributed by atoms with Crippen LogP contribution in [-0.4, -0.2) is 32.2 Å². The molecule has 1 aliphatic carbocycles. The largest absolute Gasteiger partial charge is 0.417 e. The number of hydrogen-bond donors (Lipinski definition) is 2. The summed E-state index contributed by atoms with van der Waals surface area (Å²) in [6.45, 7) is 4.58. The summed E-state index contributed by atoms with van der Waals surface area (Å²) < 4.78 is 42.5. The molecule has 1 amide bonds. The quantitative estimate of drug-likeness (QED) is 0.616. The van der Waals surface area contributed by atoms with Crippen molar-refractivity contribution in [3.8, 4) is 0 Å². The normalized spacial score (nSPS) is 19.5. The molecule has 1 fully saturated rings. The molecule has 9 heteroatoms. The molecule has 0 atom stereocenters. The van der Waals surface area contributed by atoms with Crippen molar-refractivity contribution in [2.75, 3.05) is 5.32 Å². The smallest absolute Gasteiger partial charge is 0.368 e. The highest BCUT2D eigenvalue weighted by Crippen LogP contribution is 2.32. The Hall–Kier alpha value is -2.97. The third-order valence-corrected chi connectivity index (χ3v) is 6.02. The number of hydrogen-bond acceptors (Lipinski definition) is 3. The second kappa shape index (κ2) is 8.28. The van der Waals surface area contributed by atoms with E-state index in [2.05, 4.69) is 15.7 Å². The van der Waals surface area contributed by atoms with Gasteiger partial charge in [0.25, 0.3) is 5.91 Å². The average Bonchev–Trinajstić information content (AvgIpc) is 3.33. The summed E-state index contributed by atoms with van der Waals surface area (Å²) in [6, 6.07) is 6.57. The number of fused-ring (bicyclic) bond motifs is 1. The minimum Gasteiger partial charge on any atom is -0.368 e. The summed E-state index contributed by atoms with van der Waals surface area (Å²) in [7, 11) is 0. The van der Waals surface area contributed by atoms with Crippen molar-refractivity contribution in [3.63, 3.8) is 0 Å². The number of alkyl halides is 3. The van der Waals surface area contributed by atoms with Crippen LogP contribution in [-0.2, 0) is 12.7 Å². The molecule has 0 aliphatic heterocycles. The predicted molar refractivity (Wildman–Crippen MR) is 112 cm³/mol. The number of carbonyl (C=O) groups is 1. The third-order valence-electron chi connectivity index (χ3n) is 6.02. The molecule has 0 aromatic carbocycles. The van der Waals surface area contributed by atoms with Gasteiger partial charge in [0.05, 0.1) is 17.3 Å². The summed E-state index contributed by atoms with van der Waals surface area (Å²) in [4.78, 5) is 12.6. The minimum atomic E-state index is -4.37. The topological polar surface area (TPSA) is 63.4 Å².